The Bertz CT molecular complexity index is 706. The number of likely N-dealkylation sites (tertiary alicyclic amines) is 1. The number of aromatic nitrogens is 1. The van der Waals surface area contributed by atoms with Crippen molar-refractivity contribution in [3.8, 4) is 6.07 Å². The van der Waals surface area contributed by atoms with E-state index in [0.29, 0.717) is 23.4 Å². The summed E-state index contributed by atoms with van der Waals surface area (Å²) in [4.78, 5) is 23.9. The fourth-order valence-electron chi connectivity index (χ4n) is 4.49. The highest BCUT2D eigenvalue weighted by molar-refractivity contribution is 5.82. The molecular weight excluding hydrogens is 340 g/mol. The molecule has 0 saturated carbocycles. The van der Waals surface area contributed by atoms with Gasteiger partial charge in [0.2, 0.25) is 5.91 Å². The first-order chi connectivity index (χ1) is 13.1. The van der Waals surface area contributed by atoms with Gasteiger partial charge in [-0.25, -0.2) is 4.98 Å². The molecule has 3 atom stereocenters. The van der Waals surface area contributed by atoms with Crippen LogP contribution in [0.5, 0.6) is 0 Å². The summed E-state index contributed by atoms with van der Waals surface area (Å²) in [6, 6.07) is 6.29. The Kier molecular flexibility index (Phi) is 5.28. The zero-order valence-corrected chi connectivity index (χ0v) is 16.0. The lowest BCUT2D eigenvalue weighted by Crippen LogP contribution is -2.51. The van der Waals surface area contributed by atoms with Crippen LogP contribution in [-0.4, -0.2) is 78.6 Å². The van der Waals surface area contributed by atoms with Crippen LogP contribution in [0.3, 0.4) is 0 Å². The summed E-state index contributed by atoms with van der Waals surface area (Å²) < 4.78 is 0. The highest BCUT2D eigenvalue weighted by atomic mass is 16.2. The second-order valence-electron chi connectivity index (χ2n) is 8.07. The number of anilines is 1. The van der Waals surface area contributed by atoms with Crippen molar-refractivity contribution in [1.29, 1.82) is 5.26 Å². The summed E-state index contributed by atoms with van der Waals surface area (Å²) in [5, 5.41) is 12.4. The maximum atomic E-state index is 12.7. The molecule has 144 valence electrons. The molecule has 1 aromatic rings. The molecule has 0 bridgehead atoms. The Hall–Kier alpha value is -2.17. The van der Waals surface area contributed by atoms with Crippen molar-refractivity contribution in [3.63, 3.8) is 0 Å². The van der Waals surface area contributed by atoms with Crippen LogP contribution in [0.15, 0.2) is 18.3 Å². The van der Waals surface area contributed by atoms with Crippen LogP contribution < -0.4 is 10.2 Å². The Labute approximate surface area is 160 Å². The second kappa shape index (κ2) is 7.83. The van der Waals surface area contributed by atoms with Gasteiger partial charge in [-0.3, -0.25) is 9.69 Å². The first kappa shape index (κ1) is 18.2. The maximum Gasteiger partial charge on any atom is 0.239 e. The average Bonchev–Trinajstić information content (AvgIpc) is 3.37. The zero-order valence-electron chi connectivity index (χ0n) is 16.0. The molecule has 7 heteroatoms. The SMILES string of the molecule is CC1CCN(C(=O)[C@@H]2C[C@H](N3CCN(c4ccc(C#N)cn4)CC3)CN2)C1. The van der Waals surface area contributed by atoms with E-state index in [1.54, 1.807) is 6.20 Å². The molecule has 0 aromatic carbocycles. The molecule has 27 heavy (non-hydrogen) atoms. The summed E-state index contributed by atoms with van der Waals surface area (Å²) in [7, 11) is 0. The first-order valence-corrected chi connectivity index (χ1v) is 10.0. The van der Waals surface area contributed by atoms with Crippen LogP contribution in [0.2, 0.25) is 0 Å². The van der Waals surface area contributed by atoms with E-state index in [1.807, 2.05) is 17.0 Å². The minimum absolute atomic E-state index is 0.0153. The highest BCUT2D eigenvalue weighted by Gasteiger charge is 2.37. The fraction of sp³-hybridized carbons (Fsp3) is 0.650. The van der Waals surface area contributed by atoms with Gasteiger partial charge >= 0.3 is 0 Å². The van der Waals surface area contributed by atoms with Crippen LogP contribution in [0, 0.1) is 17.2 Å². The zero-order chi connectivity index (χ0) is 18.8. The van der Waals surface area contributed by atoms with E-state index in [2.05, 4.69) is 33.1 Å². The number of nitrogens with zero attached hydrogens (tertiary/aromatic N) is 5. The molecule has 0 aliphatic carbocycles. The van der Waals surface area contributed by atoms with E-state index >= 15 is 0 Å². The smallest absolute Gasteiger partial charge is 0.239 e. The molecule has 7 nitrogen and oxygen atoms in total. The number of carbonyl (C=O) groups is 1. The normalized spacial score (nSPS) is 29.1. The van der Waals surface area contributed by atoms with Crippen molar-refractivity contribution < 1.29 is 4.79 Å². The lowest BCUT2D eigenvalue weighted by atomic mass is 10.1. The number of hydrogen-bond acceptors (Lipinski definition) is 6. The first-order valence-electron chi connectivity index (χ1n) is 10.0. The largest absolute Gasteiger partial charge is 0.354 e. The molecule has 1 unspecified atom stereocenters. The third-order valence-corrected chi connectivity index (χ3v) is 6.17. The Morgan fingerprint density at radius 1 is 1.26 bits per heavy atom. The van der Waals surface area contributed by atoms with E-state index in [9.17, 15) is 4.79 Å². The van der Waals surface area contributed by atoms with E-state index in [4.69, 9.17) is 5.26 Å². The third kappa shape index (κ3) is 3.92. The van der Waals surface area contributed by atoms with Crippen molar-refractivity contribution in [1.82, 2.24) is 20.1 Å². The van der Waals surface area contributed by atoms with Gasteiger partial charge in [0, 0.05) is 58.1 Å². The van der Waals surface area contributed by atoms with Crippen LogP contribution in [0.1, 0.15) is 25.3 Å². The van der Waals surface area contributed by atoms with Crippen LogP contribution >= 0.6 is 0 Å². The average molecular weight is 368 g/mol. The van der Waals surface area contributed by atoms with Gasteiger partial charge in [-0.05, 0) is 30.9 Å². The Morgan fingerprint density at radius 2 is 2.07 bits per heavy atom. The van der Waals surface area contributed by atoms with Crippen LogP contribution in [-0.2, 0) is 4.79 Å². The number of carbonyl (C=O) groups excluding carboxylic acids is 1. The van der Waals surface area contributed by atoms with E-state index in [-0.39, 0.29) is 6.04 Å². The van der Waals surface area contributed by atoms with Crippen molar-refractivity contribution in [2.45, 2.75) is 31.8 Å². The number of pyridine rings is 1. The lowest BCUT2D eigenvalue weighted by Gasteiger charge is -2.38. The molecular formula is C20H28N6O. The summed E-state index contributed by atoms with van der Waals surface area (Å²) in [5.41, 5.74) is 0.595. The number of nitrogens with one attached hydrogen (secondary N) is 1. The molecule has 3 saturated heterocycles. The second-order valence-corrected chi connectivity index (χ2v) is 8.07. The minimum atomic E-state index is -0.0153. The molecule has 4 heterocycles. The molecule has 1 aromatic heterocycles. The summed E-state index contributed by atoms with van der Waals surface area (Å²) in [6.07, 6.45) is 3.68. The van der Waals surface area contributed by atoms with Gasteiger partial charge < -0.3 is 15.1 Å². The molecule has 3 aliphatic rings. The molecule has 0 spiro atoms. The van der Waals surface area contributed by atoms with Crippen LogP contribution in [0.4, 0.5) is 5.82 Å². The number of hydrogen-bond donors (Lipinski definition) is 1. The molecule has 3 fully saturated rings. The van der Waals surface area contributed by atoms with Crippen molar-refractivity contribution in [3.05, 3.63) is 23.9 Å². The summed E-state index contributed by atoms with van der Waals surface area (Å²) >= 11 is 0. The van der Waals surface area contributed by atoms with Gasteiger partial charge in [0.25, 0.3) is 0 Å². The minimum Gasteiger partial charge on any atom is -0.354 e. The van der Waals surface area contributed by atoms with Crippen LogP contribution in [0.25, 0.3) is 0 Å². The predicted molar refractivity (Wildman–Crippen MR) is 103 cm³/mol. The number of piperazine rings is 1. The number of rotatable bonds is 3. The van der Waals surface area contributed by atoms with E-state index in [0.717, 1.165) is 64.5 Å². The van der Waals surface area contributed by atoms with Gasteiger partial charge in [-0.2, -0.15) is 5.26 Å². The van der Waals surface area contributed by atoms with E-state index in [1.165, 1.54) is 0 Å². The van der Waals surface area contributed by atoms with Gasteiger partial charge in [0.05, 0.1) is 11.6 Å². The van der Waals surface area contributed by atoms with Crippen molar-refractivity contribution in [2.24, 2.45) is 5.92 Å². The van der Waals surface area contributed by atoms with Gasteiger partial charge in [-0.15, -0.1) is 0 Å². The highest BCUT2D eigenvalue weighted by Crippen LogP contribution is 2.22. The third-order valence-electron chi connectivity index (χ3n) is 6.17. The van der Waals surface area contributed by atoms with Gasteiger partial charge in [0.1, 0.15) is 11.9 Å². The summed E-state index contributed by atoms with van der Waals surface area (Å²) in [5.74, 6) is 1.87. The van der Waals surface area contributed by atoms with E-state index < -0.39 is 0 Å². The maximum absolute atomic E-state index is 12.7. The molecule has 1 N–H and O–H groups in total. The fourth-order valence-corrected chi connectivity index (χ4v) is 4.49. The monoisotopic (exact) mass is 368 g/mol. The molecule has 3 aliphatic heterocycles. The predicted octanol–water partition coefficient (Wildman–Crippen LogP) is 0.674. The molecule has 0 radical (unpaired) electrons. The van der Waals surface area contributed by atoms with Gasteiger partial charge in [0.15, 0.2) is 0 Å². The van der Waals surface area contributed by atoms with Crippen molar-refractivity contribution >= 4 is 11.7 Å². The van der Waals surface area contributed by atoms with Crippen molar-refractivity contribution in [2.75, 3.05) is 50.7 Å². The lowest BCUT2D eigenvalue weighted by molar-refractivity contribution is -0.132. The number of amides is 1. The molecule has 1 amide bonds. The Balaban J connectivity index is 1.27. The topological polar surface area (TPSA) is 75.5 Å². The molecule has 4 rings (SSSR count). The quantitative estimate of drug-likeness (QED) is 0.845. The Morgan fingerprint density at radius 3 is 2.70 bits per heavy atom. The standard InChI is InChI=1S/C20H28N6O/c1-15-4-5-26(14-15)20(27)18-10-17(13-22-18)24-6-8-25(9-7-24)19-3-2-16(11-21)12-23-19/h2-3,12,15,17-18,22H,4-10,13-14H2,1H3/t15?,17-,18-/m0/s1. The summed E-state index contributed by atoms with van der Waals surface area (Å²) in [6.45, 7) is 8.77. The van der Waals surface area contributed by atoms with Gasteiger partial charge in [-0.1, -0.05) is 6.92 Å². The number of nitriles is 1.